The number of nitrogens with two attached hydrogens (primary N) is 1. The van der Waals surface area contributed by atoms with Crippen LogP contribution in [0.3, 0.4) is 0 Å². The van der Waals surface area contributed by atoms with Crippen molar-refractivity contribution in [1.82, 2.24) is 3.97 Å². The standard InChI is InChI=1S/C24H27N3O4S/c25-24(29)18-12-7-15(14-20(18)26-16-8-10-17(28)11-9-16)23-19-4-1-2-5-21(19)27-22(23)6-3-13-32(27,30)31/h1-2,4-5,7,12,14,16-17,26,28H,3,6,8-11,13H2,(H2,25,29). The van der Waals surface area contributed by atoms with Crippen molar-refractivity contribution in [2.75, 3.05) is 11.1 Å². The molecule has 1 amide bonds. The summed E-state index contributed by atoms with van der Waals surface area (Å²) in [5.41, 5.74) is 9.93. The van der Waals surface area contributed by atoms with Crippen LogP contribution in [0.5, 0.6) is 0 Å². The molecular weight excluding hydrogens is 426 g/mol. The molecule has 2 aliphatic rings. The van der Waals surface area contributed by atoms with Gasteiger partial charge in [-0.15, -0.1) is 0 Å². The number of benzene rings is 2. The van der Waals surface area contributed by atoms with Gasteiger partial charge in [0.05, 0.1) is 22.9 Å². The van der Waals surface area contributed by atoms with E-state index in [1.165, 1.54) is 3.97 Å². The summed E-state index contributed by atoms with van der Waals surface area (Å²) >= 11 is 0. The average molecular weight is 454 g/mol. The summed E-state index contributed by atoms with van der Waals surface area (Å²) in [6, 6.07) is 13.2. The first kappa shape index (κ1) is 21.0. The van der Waals surface area contributed by atoms with E-state index in [1.807, 2.05) is 36.4 Å². The minimum Gasteiger partial charge on any atom is -0.393 e. The van der Waals surface area contributed by atoms with Crippen molar-refractivity contribution in [1.29, 1.82) is 0 Å². The van der Waals surface area contributed by atoms with E-state index in [9.17, 15) is 18.3 Å². The van der Waals surface area contributed by atoms with Gasteiger partial charge in [-0.2, -0.15) is 0 Å². The molecule has 2 aromatic carbocycles. The van der Waals surface area contributed by atoms with E-state index in [2.05, 4.69) is 5.32 Å². The zero-order valence-electron chi connectivity index (χ0n) is 17.8. The minimum atomic E-state index is -3.41. The van der Waals surface area contributed by atoms with E-state index >= 15 is 0 Å². The zero-order chi connectivity index (χ0) is 22.5. The number of nitrogens with one attached hydrogen (secondary N) is 1. The highest BCUT2D eigenvalue weighted by Crippen LogP contribution is 2.40. The number of aromatic nitrogens is 1. The topological polar surface area (TPSA) is 114 Å². The number of primary amides is 1. The molecule has 0 atom stereocenters. The summed E-state index contributed by atoms with van der Waals surface area (Å²) < 4.78 is 27.3. The van der Waals surface area contributed by atoms with E-state index in [-0.39, 0.29) is 17.9 Å². The number of aliphatic hydroxyl groups excluding tert-OH is 1. The van der Waals surface area contributed by atoms with Gasteiger partial charge in [-0.05, 0) is 62.3 Å². The van der Waals surface area contributed by atoms with Crippen LogP contribution >= 0.6 is 0 Å². The van der Waals surface area contributed by atoms with E-state index in [0.29, 0.717) is 29.6 Å². The number of anilines is 1. The maximum Gasteiger partial charge on any atom is 0.250 e. The molecule has 8 heteroatoms. The molecule has 1 saturated carbocycles. The second-order valence-electron chi connectivity index (χ2n) is 8.80. The molecule has 1 fully saturated rings. The predicted molar refractivity (Wildman–Crippen MR) is 125 cm³/mol. The van der Waals surface area contributed by atoms with Gasteiger partial charge in [-0.3, -0.25) is 4.79 Å². The Hall–Kier alpha value is -2.84. The van der Waals surface area contributed by atoms with Gasteiger partial charge in [0.2, 0.25) is 10.0 Å². The van der Waals surface area contributed by atoms with Crippen LogP contribution < -0.4 is 11.1 Å². The van der Waals surface area contributed by atoms with Crippen LogP contribution in [0.25, 0.3) is 22.0 Å². The molecule has 2 heterocycles. The lowest BCUT2D eigenvalue weighted by Gasteiger charge is -2.28. The first-order valence-electron chi connectivity index (χ1n) is 11.1. The molecule has 1 aliphatic heterocycles. The number of nitrogens with zero attached hydrogens (tertiary/aromatic N) is 1. The van der Waals surface area contributed by atoms with Crippen LogP contribution in [0.1, 0.15) is 48.2 Å². The summed E-state index contributed by atoms with van der Waals surface area (Å²) in [5.74, 6) is -0.375. The van der Waals surface area contributed by atoms with Gasteiger partial charge in [0.1, 0.15) is 0 Å². The third-order valence-corrected chi connectivity index (χ3v) is 8.43. The second kappa shape index (κ2) is 7.94. The highest BCUT2D eigenvalue weighted by Gasteiger charge is 2.30. The number of carbonyl (C=O) groups excluding carboxylic acids is 1. The molecule has 0 bridgehead atoms. The Morgan fingerprint density at radius 3 is 2.59 bits per heavy atom. The van der Waals surface area contributed by atoms with Gasteiger partial charge >= 0.3 is 0 Å². The molecule has 0 spiro atoms. The largest absolute Gasteiger partial charge is 0.393 e. The molecule has 0 saturated heterocycles. The fraction of sp³-hybridized carbons (Fsp3) is 0.375. The van der Waals surface area contributed by atoms with Crippen molar-refractivity contribution >= 4 is 32.5 Å². The van der Waals surface area contributed by atoms with Gasteiger partial charge in [0.25, 0.3) is 5.91 Å². The monoisotopic (exact) mass is 453 g/mol. The van der Waals surface area contributed by atoms with Crippen molar-refractivity contribution in [3.63, 3.8) is 0 Å². The summed E-state index contributed by atoms with van der Waals surface area (Å²) in [6.07, 6.45) is 4.05. The first-order chi connectivity index (χ1) is 15.3. The van der Waals surface area contributed by atoms with Crippen molar-refractivity contribution in [3.05, 3.63) is 53.7 Å². The zero-order valence-corrected chi connectivity index (χ0v) is 18.6. The minimum absolute atomic E-state index is 0.138. The lowest BCUT2D eigenvalue weighted by molar-refractivity contribution is 0.100. The fourth-order valence-electron chi connectivity index (χ4n) is 5.12. The van der Waals surface area contributed by atoms with Crippen LogP contribution in [0.2, 0.25) is 0 Å². The number of amides is 1. The lowest BCUT2D eigenvalue weighted by atomic mass is 9.92. The predicted octanol–water partition coefficient (Wildman–Crippen LogP) is 3.25. The number of fused-ring (bicyclic) bond motifs is 3. The van der Waals surface area contributed by atoms with Crippen LogP contribution in [-0.2, 0) is 16.4 Å². The highest BCUT2D eigenvalue weighted by molar-refractivity contribution is 7.90. The van der Waals surface area contributed by atoms with Gasteiger partial charge in [0.15, 0.2) is 0 Å². The van der Waals surface area contributed by atoms with Crippen molar-refractivity contribution in [2.45, 2.75) is 50.7 Å². The quantitative estimate of drug-likeness (QED) is 0.561. The Bertz CT molecular complexity index is 1300. The molecule has 7 nitrogen and oxygen atoms in total. The molecule has 0 radical (unpaired) electrons. The van der Waals surface area contributed by atoms with Gasteiger partial charge in [0, 0.05) is 28.4 Å². The third kappa shape index (κ3) is 3.57. The molecule has 32 heavy (non-hydrogen) atoms. The maximum atomic E-state index is 12.9. The van der Waals surface area contributed by atoms with E-state index < -0.39 is 15.9 Å². The van der Waals surface area contributed by atoms with Crippen LogP contribution in [0.4, 0.5) is 5.69 Å². The van der Waals surface area contributed by atoms with Crippen LogP contribution in [0.15, 0.2) is 42.5 Å². The van der Waals surface area contributed by atoms with E-state index in [4.69, 9.17) is 5.73 Å². The summed E-state index contributed by atoms with van der Waals surface area (Å²) in [7, 11) is -3.41. The summed E-state index contributed by atoms with van der Waals surface area (Å²) in [6.45, 7) is 0. The Morgan fingerprint density at radius 1 is 1.09 bits per heavy atom. The average Bonchev–Trinajstić information content (AvgIpc) is 3.10. The molecule has 1 aromatic heterocycles. The van der Waals surface area contributed by atoms with Gasteiger partial charge in [-0.1, -0.05) is 24.3 Å². The third-order valence-electron chi connectivity index (χ3n) is 6.65. The first-order valence-corrected chi connectivity index (χ1v) is 12.7. The lowest BCUT2D eigenvalue weighted by Crippen LogP contribution is -2.29. The molecule has 5 rings (SSSR count). The molecule has 168 valence electrons. The van der Waals surface area contributed by atoms with Gasteiger partial charge in [-0.25, -0.2) is 12.4 Å². The van der Waals surface area contributed by atoms with Crippen molar-refractivity contribution in [3.8, 4) is 11.1 Å². The number of hydrogen-bond donors (Lipinski definition) is 3. The Labute approximate surface area is 187 Å². The van der Waals surface area contributed by atoms with Crippen molar-refractivity contribution in [2.24, 2.45) is 5.73 Å². The highest BCUT2D eigenvalue weighted by atomic mass is 32.2. The SMILES string of the molecule is NC(=O)c1ccc(-c2c3n(c4ccccc24)S(=O)(=O)CCC3)cc1NC1CCC(O)CC1. The maximum absolute atomic E-state index is 12.9. The molecule has 0 unspecified atom stereocenters. The number of aliphatic hydroxyl groups is 1. The summed E-state index contributed by atoms with van der Waals surface area (Å²) in [5, 5.41) is 14.1. The van der Waals surface area contributed by atoms with Gasteiger partial charge < -0.3 is 16.2 Å². The van der Waals surface area contributed by atoms with Crippen LogP contribution in [0, 0.1) is 0 Å². The Morgan fingerprint density at radius 2 is 1.84 bits per heavy atom. The number of carbonyl (C=O) groups is 1. The molecule has 3 aromatic rings. The number of rotatable bonds is 4. The van der Waals surface area contributed by atoms with E-state index in [0.717, 1.165) is 47.9 Å². The fourth-order valence-corrected chi connectivity index (χ4v) is 6.79. The van der Waals surface area contributed by atoms with Crippen LogP contribution in [-0.4, -0.2) is 41.3 Å². The number of para-hydroxylation sites is 1. The van der Waals surface area contributed by atoms with E-state index in [1.54, 1.807) is 6.07 Å². The van der Waals surface area contributed by atoms with Crippen molar-refractivity contribution < 1.29 is 18.3 Å². The summed E-state index contributed by atoms with van der Waals surface area (Å²) in [4.78, 5) is 12.1. The second-order valence-corrected chi connectivity index (χ2v) is 10.7. The Kier molecular flexibility index (Phi) is 5.22. The Balaban J connectivity index is 1.65. The normalized spacial score (nSPS) is 22.4. The number of hydrogen-bond acceptors (Lipinski definition) is 5. The molecular formula is C24H27N3O4S. The molecule has 1 aliphatic carbocycles. The smallest absolute Gasteiger partial charge is 0.250 e. The molecule has 4 N–H and O–H groups in total.